The van der Waals surface area contributed by atoms with Crippen LogP contribution in [-0.4, -0.2) is 9.55 Å². The van der Waals surface area contributed by atoms with E-state index in [0.29, 0.717) is 0 Å². The fourth-order valence-corrected chi connectivity index (χ4v) is 9.29. The van der Waals surface area contributed by atoms with Gasteiger partial charge in [0.15, 0.2) is 0 Å². The van der Waals surface area contributed by atoms with Crippen molar-refractivity contribution in [3.8, 4) is 39.1 Å². The molecule has 0 saturated carbocycles. The highest BCUT2D eigenvalue weighted by atomic mass is 32.1. The monoisotopic (exact) mass is 666 g/mol. The van der Waals surface area contributed by atoms with Crippen molar-refractivity contribution in [1.82, 2.24) is 9.55 Å². The minimum Gasteiger partial charge on any atom is -0.354 e. The Kier molecular flexibility index (Phi) is 6.16. The number of nitrogens with zero attached hydrogens (tertiary/aromatic N) is 1. The summed E-state index contributed by atoms with van der Waals surface area (Å²) in [5.41, 5.74) is 13.2. The number of nitrogens with one attached hydrogen (secondary N) is 1. The zero-order chi connectivity index (χ0) is 33.5. The van der Waals surface area contributed by atoms with E-state index in [2.05, 4.69) is 185 Å². The predicted molar refractivity (Wildman–Crippen MR) is 219 cm³/mol. The van der Waals surface area contributed by atoms with Crippen LogP contribution < -0.4 is 0 Å². The lowest BCUT2D eigenvalue weighted by molar-refractivity contribution is 1.19. The molecular weight excluding hydrogens is 637 g/mol. The Hall–Kier alpha value is -6.42. The molecule has 0 saturated heterocycles. The van der Waals surface area contributed by atoms with Crippen molar-refractivity contribution in [2.45, 2.75) is 0 Å². The zero-order valence-electron chi connectivity index (χ0n) is 27.6. The molecule has 2 nitrogen and oxygen atoms in total. The number of rotatable bonds is 4. The largest absolute Gasteiger partial charge is 0.354 e. The quantitative estimate of drug-likeness (QED) is 0.193. The first kappa shape index (κ1) is 28.4. The SMILES string of the molecule is c1cc(-c2cccc(-c3cccc4c3[nH]c3ccc(-n5c6ccccc6c6ccccc65)cc34)c2)cc(-c2ccc3c(c2)sc2ccccc23)c1. The lowest BCUT2D eigenvalue weighted by atomic mass is 9.95. The molecule has 0 bridgehead atoms. The van der Waals surface area contributed by atoms with Gasteiger partial charge in [-0.1, -0.05) is 121 Å². The van der Waals surface area contributed by atoms with Crippen molar-refractivity contribution in [2.24, 2.45) is 0 Å². The molecule has 0 amide bonds. The van der Waals surface area contributed by atoms with E-state index in [1.54, 1.807) is 0 Å². The molecule has 238 valence electrons. The first-order chi connectivity index (χ1) is 25.3. The molecule has 3 aromatic heterocycles. The Morgan fingerprint density at radius 3 is 1.73 bits per heavy atom. The number of para-hydroxylation sites is 3. The average molecular weight is 667 g/mol. The van der Waals surface area contributed by atoms with Gasteiger partial charge in [0.2, 0.25) is 0 Å². The third-order valence-electron chi connectivity index (χ3n) is 10.5. The molecule has 0 aliphatic heterocycles. The van der Waals surface area contributed by atoms with Gasteiger partial charge in [-0.25, -0.2) is 0 Å². The number of H-pyrrole nitrogens is 1. The molecule has 0 unspecified atom stereocenters. The van der Waals surface area contributed by atoms with Gasteiger partial charge in [-0.3, -0.25) is 0 Å². The fraction of sp³-hybridized carbons (Fsp3) is 0. The van der Waals surface area contributed by atoms with Crippen LogP contribution in [0.4, 0.5) is 0 Å². The summed E-state index contributed by atoms with van der Waals surface area (Å²) in [6, 6.07) is 64.4. The molecule has 0 aliphatic rings. The first-order valence-corrected chi connectivity index (χ1v) is 18.2. The van der Waals surface area contributed by atoms with Crippen molar-refractivity contribution in [3.05, 3.63) is 176 Å². The molecular formula is C48H30N2S. The third-order valence-corrected chi connectivity index (χ3v) is 11.7. The maximum atomic E-state index is 3.80. The van der Waals surface area contributed by atoms with Crippen LogP contribution in [0.15, 0.2) is 176 Å². The molecule has 0 aliphatic carbocycles. The minimum absolute atomic E-state index is 1.14. The second-order valence-electron chi connectivity index (χ2n) is 13.4. The Morgan fingerprint density at radius 1 is 0.373 bits per heavy atom. The molecule has 8 aromatic carbocycles. The van der Waals surface area contributed by atoms with Crippen LogP contribution in [-0.2, 0) is 0 Å². The van der Waals surface area contributed by atoms with Crippen LogP contribution in [0.3, 0.4) is 0 Å². The molecule has 11 aromatic rings. The molecule has 1 N–H and O–H groups in total. The minimum atomic E-state index is 1.14. The van der Waals surface area contributed by atoms with Gasteiger partial charge in [-0.2, -0.15) is 0 Å². The predicted octanol–water partition coefficient (Wildman–Crippen LogP) is 13.8. The molecule has 0 spiro atoms. The van der Waals surface area contributed by atoms with Crippen molar-refractivity contribution < 1.29 is 0 Å². The van der Waals surface area contributed by atoms with Crippen molar-refractivity contribution in [3.63, 3.8) is 0 Å². The van der Waals surface area contributed by atoms with E-state index in [4.69, 9.17) is 0 Å². The molecule has 0 radical (unpaired) electrons. The van der Waals surface area contributed by atoms with Gasteiger partial charge in [0.05, 0.1) is 16.6 Å². The highest BCUT2D eigenvalue weighted by molar-refractivity contribution is 7.25. The number of aromatic amines is 1. The van der Waals surface area contributed by atoms with E-state index in [1.165, 1.54) is 91.8 Å². The van der Waals surface area contributed by atoms with E-state index < -0.39 is 0 Å². The van der Waals surface area contributed by atoms with Crippen LogP contribution in [0.2, 0.25) is 0 Å². The summed E-state index contributed by atoms with van der Waals surface area (Å²) in [6.07, 6.45) is 0. The van der Waals surface area contributed by atoms with Gasteiger partial charge < -0.3 is 9.55 Å². The lowest BCUT2D eigenvalue weighted by Gasteiger charge is -2.10. The summed E-state index contributed by atoms with van der Waals surface area (Å²) in [7, 11) is 0. The summed E-state index contributed by atoms with van der Waals surface area (Å²) in [4.78, 5) is 3.80. The van der Waals surface area contributed by atoms with Crippen LogP contribution in [0.5, 0.6) is 0 Å². The summed E-state index contributed by atoms with van der Waals surface area (Å²) in [6.45, 7) is 0. The standard InChI is InChI=1S/C48H30N2S/c1-4-19-44-37(14-1)38-15-2-5-20-45(38)50(44)35-23-25-43-42(29-35)41-18-9-17-36(48(41)49-43)34-13-8-12-32(27-34)30-10-7-11-31(26-30)33-22-24-40-39-16-3-6-21-46(39)51-47(40)28-33/h1-29,49H. The van der Waals surface area contributed by atoms with Crippen molar-refractivity contribution >= 4 is 75.1 Å². The number of fused-ring (bicyclic) bond motifs is 9. The number of hydrogen-bond donors (Lipinski definition) is 1. The highest BCUT2D eigenvalue weighted by Crippen LogP contribution is 2.39. The number of hydrogen-bond acceptors (Lipinski definition) is 1. The summed E-state index contributed by atoms with van der Waals surface area (Å²) < 4.78 is 5.06. The van der Waals surface area contributed by atoms with Crippen LogP contribution in [0.1, 0.15) is 0 Å². The molecule has 11 rings (SSSR count). The lowest BCUT2D eigenvalue weighted by Crippen LogP contribution is -1.93. The molecule has 0 atom stereocenters. The van der Waals surface area contributed by atoms with Gasteiger partial charge in [0.1, 0.15) is 0 Å². The molecule has 3 heteroatoms. The van der Waals surface area contributed by atoms with Gasteiger partial charge in [0.25, 0.3) is 0 Å². The summed E-state index contributed by atoms with van der Waals surface area (Å²) >= 11 is 1.87. The fourth-order valence-electron chi connectivity index (χ4n) is 8.14. The van der Waals surface area contributed by atoms with E-state index in [-0.39, 0.29) is 0 Å². The smallest absolute Gasteiger partial charge is 0.0544 e. The Morgan fingerprint density at radius 2 is 0.961 bits per heavy atom. The second kappa shape index (κ2) is 11.0. The van der Waals surface area contributed by atoms with Gasteiger partial charge in [-0.15, -0.1) is 11.3 Å². The normalized spacial score (nSPS) is 11.9. The van der Waals surface area contributed by atoms with Gasteiger partial charge in [-0.05, 0) is 82.4 Å². The highest BCUT2D eigenvalue weighted by Gasteiger charge is 2.15. The van der Waals surface area contributed by atoms with Crippen molar-refractivity contribution in [2.75, 3.05) is 0 Å². The van der Waals surface area contributed by atoms with Crippen LogP contribution in [0.25, 0.3) is 103 Å². The zero-order valence-corrected chi connectivity index (χ0v) is 28.4. The maximum absolute atomic E-state index is 3.80. The van der Waals surface area contributed by atoms with E-state index in [0.717, 1.165) is 11.0 Å². The Balaban J connectivity index is 0.996. The number of thiophene rings is 1. The van der Waals surface area contributed by atoms with Gasteiger partial charge in [0, 0.05) is 58.5 Å². The Bertz CT molecular complexity index is 3100. The average Bonchev–Trinajstić information content (AvgIpc) is 3.87. The summed E-state index contributed by atoms with van der Waals surface area (Å²) in [5.74, 6) is 0. The van der Waals surface area contributed by atoms with E-state index in [9.17, 15) is 0 Å². The van der Waals surface area contributed by atoms with Crippen LogP contribution in [0, 0.1) is 0 Å². The molecule has 3 heterocycles. The number of benzene rings is 8. The number of aromatic nitrogens is 2. The Labute approximate surface area is 298 Å². The maximum Gasteiger partial charge on any atom is 0.0544 e. The first-order valence-electron chi connectivity index (χ1n) is 17.4. The second-order valence-corrected chi connectivity index (χ2v) is 14.5. The van der Waals surface area contributed by atoms with E-state index >= 15 is 0 Å². The van der Waals surface area contributed by atoms with Crippen molar-refractivity contribution in [1.29, 1.82) is 0 Å². The topological polar surface area (TPSA) is 20.7 Å². The summed E-state index contributed by atoms with van der Waals surface area (Å²) in [5, 5.41) is 7.68. The third kappa shape index (κ3) is 4.42. The van der Waals surface area contributed by atoms with E-state index in [1.807, 2.05) is 11.3 Å². The van der Waals surface area contributed by atoms with Crippen LogP contribution >= 0.6 is 11.3 Å². The molecule has 0 fully saturated rings. The molecule has 51 heavy (non-hydrogen) atoms. The van der Waals surface area contributed by atoms with Gasteiger partial charge >= 0.3 is 0 Å².